The number of nitrogens with zero attached hydrogens (tertiary/aromatic N) is 4. The van der Waals surface area contributed by atoms with Gasteiger partial charge in [0, 0.05) is 34.6 Å². The molecule has 0 N–H and O–H groups in total. The molecule has 0 saturated heterocycles. The number of Topliss-reactive ketones (excluding diaryl/α,β-unsaturated/α-hetero) is 1. The highest BCUT2D eigenvalue weighted by atomic mass is 32.2. The molecule has 2 aliphatic carbocycles. The number of thioether (sulfide) groups is 1. The van der Waals surface area contributed by atoms with Crippen molar-refractivity contribution in [2.45, 2.75) is 75.4 Å². The van der Waals surface area contributed by atoms with Crippen LogP contribution in [0.3, 0.4) is 0 Å². The minimum atomic E-state index is -2.86. The normalized spacial score (nSPS) is 16.9. The van der Waals surface area contributed by atoms with E-state index in [0.29, 0.717) is 17.5 Å². The second-order valence-electron chi connectivity index (χ2n) is 8.83. The predicted molar refractivity (Wildman–Crippen MR) is 122 cm³/mol. The smallest absolute Gasteiger partial charge is 0.387 e. The van der Waals surface area contributed by atoms with E-state index in [1.807, 2.05) is 31.4 Å². The van der Waals surface area contributed by atoms with E-state index >= 15 is 0 Å². The number of rotatable bonds is 9. The quantitative estimate of drug-likeness (QED) is 0.288. The van der Waals surface area contributed by atoms with E-state index in [1.54, 1.807) is 12.1 Å². The number of hydrogen-bond acceptors (Lipinski definition) is 5. The Balaban J connectivity index is 1.36. The number of hydrogen-bond donors (Lipinski definition) is 0. The number of carbonyl (C=O) groups is 1. The van der Waals surface area contributed by atoms with Gasteiger partial charge in [0.2, 0.25) is 0 Å². The van der Waals surface area contributed by atoms with Crippen LogP contribution >= 0.6 is 11.8 Å². The van der Waals surface area contributed by atoms with Crippen LogP contribution in [0, 0.1) is 13.8 Å². The summed E-state index contributed by atoms with van der Waals surface area (Å²) < 4.78 is 33.5. The Bertz CT molecular complexity index is 1180. The Kier molecular flexibility index (Phi) is 5.76. The zero-order valence-electron chi connectivity index (χ0n) is 18.8. The topological polar surface area (TPSA) is 61.9 Å². The Morgan fingerprint density at radius 3 is 2.42 bits per heavy atom. The van der Waals surface area contributed by atoms with Gasteiger partial charge in [0.25, 0.3) is 0 Å². The molecule has 0 aliphatic heterocycles. The van der Waals surface area contributed by atoms with Crippen LogP contribution in [0.25, 0.3) is 5.69 Å². The van der Waals surface area contributed by atoms with Crippen molar-refractivity contribution in [3.05, 3.63) is 53.1 Å². The first kappa shape index (κ1) is 22.1. The maximum Gasteiger partial charge on any atom is 0.387 e. The minimum Gasteiger partial charge on any atom is -0.435 e. The summed E-state index contributed by atoms with van der Waals surface area (Å²) in [5.74, 6) is 1.74. The van der Waals surface area contributed by atoms with Crippen LogP contribution < -0.4 is 4.74 Å². The van der Waals surface area contributed by atoms with E-state index < -0.39 is 6.61 Å². The lowest BCUT2D eigenvalue weighted by Gasteiger charge is -2.13. The van der Waals surface area contributed by atoms with Gasteiger partial charge in [0.05, 0.1) is 5.25 Å². The zero-order chi connectivity index (χ0) is 23.3. The summed E-state index contributed by atoms with van der Waals surface area (Å²) in [5.41, 5.74) is 3.15. The molecule has 33 heavy (non-hydrogen) atoms. The number of aromatic nitrogens is 4. The van der Waals surface area contributed by atoms with Crippen LogP contribution in [0.5, 0.6) is 5.75 Å². The molecule has 174 valence electrons. The Labute approximate surface area is 195 Å². The average Bonchev–Trinajstić information content (AvgIpc) is 3.71. The van der Waals surface area contributed by atoms with Crippen molar-refractivity contribution >= 4 is 17.5 Å². The molecule has 3 aromatic rings. The van der Waals surface area contributed by atoms with Crippen LogP contribution in [0.2, 0.25) is 0 Å². The Morgan fingerprint density at radius 2 is 1.82 bits per heavy atom. The van der Waals surface area contributed by atoms with E-state index in [0.717, 1.165) is 40.9 Å². The lowest BCUT2D eigenvalue weighted by atomic mass is 10.1. The van der Waals surface area contributed by atoms with Gasteiger partial charge in [-0.15, -0.1) is 10.2 Å². The van der Waals surface area contributed by atoms with E-state index in [9.17, 15) is 13.6 Å². The fourth-order valence-corrected chi connectivity index (χ4v) is 5.28. The Hall–Kier alpha value is -2.68. The average molecular weight is 473 g/mol. The fourth-order valence-electron chi connectivity index (χ4n) is 4.28. The zero-order valence-corrected chi connectivity index (χ0v) is 19.6. The standard InChI is InChI=1S/C24H26F2N4O2S/c1-13-12-20(14(2)29(13)17-8-10-19(11-9-17)32-23(25)26)21(31)15(3)33-24-28-27-22(16-4-5-16)30(24)18-6-7-18/h8-12,15-16,18,23H,4-7H2,1-3H3. The lowest BCUT2D eigenvalue weighted by molar-refractivity contribution is -0.0498. The number of halogens is 2. The van der Waals surface area contributed by atoms with Gasteiger partial charge in [-0.3, -0.25) is 4.79 Å². The largest absolute Gasteiger partial charge is 0.435 e. The Morgan fingerprint density at radius 1 is 1.12 bits per heavy atom. The van der Waals surface area contributed by atoms with Crippen molar-refractivity contribution in [3.8, 4) is 11.4 Å². The molecule has 9 heteroatoms. The molecule has 0 radical (unpaired) electrons. The maximum absolute atomic E-state index is 13.4. The van der Waals surface area contributed by atoms with E-state index in [-0.39, 0.29) is 16.8 Å². The van der Waals surface area contributed by atoms with Crippen molar-refractivity contribution in [1.29, 1.82) is 0 Å². The van der Waals surface area contributed by atoms with Gasteiger partial charge in [0.15, 0.2) is 10.9 Å². The number of ketones is 1. The third-order valence-corrected chi connectivity index (χ3v) is 7.27. The summed E-state index contributed by atoms with van der Waals surface area (Å²) in [7, 11) is 0. The summed E-state index contributed by atoms with van der Waals surface area (Å²) in [6.07, 6.45) is 4.64. The number of benzene rings is 1. The molecule has 6 nitrogen and oxygen atoms in total. The molecule has 0 bridgehead atoms. The van der Waals surface area contributed by atoms with Gasteiger partial charge < -0.3 is 13.9 Å². The summed E-state index contributed by atoms with van der Waals surface area (Å²) in [6, 6.07) is 8.79. The monoisotopic (exact) mass is 472 g/mol. The summed E-state index contributed by atoms with van der Waals surface area (Å²) >= 11 is 1.48. The van der Waals surface area contributed by atoms with Gasteiger partial charge in [0.1, 0.15) is 11.6 Å². The highest BCUT2D eigenvalue weighted by Crippen LogP contribution is 2.46. The van der Waals surface area contributed by atoms with Crippen molar-refractivity contribution in [2.24, 2.45) is 0 Å². The lowest BCUT2D eigenvalue weighted by Crippen LogP contribution is -2.16. The van der Waals surface area contributed by atoms with Gasteiger partial charge in [-0.2, -0.15) is 8.78 Å². The van der Waals surface area contributed by atoms with Crippen LogP contribution in [-0.2, 0) is 0 Å². The van der Waals surface area contributed by atoms with Gasteiger partial charge in [-0.05, 0) is 76.8 Å². The van der Waals surface area contributed by atoms with Crippen molar-refractivity contribution in [3.63, 3.8) is 0 Å². The molecular weight excluding hydrogens is 446 g/mol. The molecule has 0 spiro atoms. The van der Waals surface area contributed by atoms with Crippen LogP contribution in [0.1, 0.15) is 72.1 Å². The second kappa shape index (κ2) is 8.59. The molecular formula is C24H26F2N4O2S. The fraction of sp³-hybridized carbons (Fsp3) is 0.458. The van der Waals surface area contributed by atoms with Crippen LogP contribution in [0.4, 0.5) is 8.78 Å². The van der Waals surface area contributed by atoms with Crippen molar-refractivity contribution in [1.82, 2.24) is 19.3 Å². The molecule has 0 amide bonds. The van der Waals surface area contributed by atoms with Crippen LogP contribution in [0.15, 0.2) is 35.5 Å². The predicted octanol–water partition coefficient (Wildman–Crippen LogP) is 5.86. The van der Waals surface area contributed by atoms with Crippen molar-refractivity contribution in [2.75, 3.05) is 0 Å². The summed E-state index contributed by atoms with van der Waals surface area (Å²) in [4.78, 5) is 13.4. The van der Waals surface area contributed by atoms with Crippen LogP contribution in [-0.4, -0.2) is 37.0 Å². The highest BCUT2D eigenvalue weighted by molar-refractivity contribution is 8.00. The molecule has 2 aliphatic rings. The molecule has 1 unspecified atom stereocenters. The third kappa shape index (κ3) is 4.43. The van der Waals surface area contributed by atoms with E-state index in [2.05, 4.69) is 19.5 Å². The molecule has 2 heterocycles. The van der Waals surface area contributed by atoms with Gasteiger partial charge in [-0.1, -0.05) is 11.8 Å². The molecule has 1 atom stereocenters. The first-order valence-electron chi connectivity index (χ1n) is 11.2. The van der Waals surface area contributed by atoms with Crippen molar-refractivity contribution < 1.29 is 18.3 Å². The second-order valence-corrected chi connectivity index (χ2v) is 10.1. The molecule has 2 saturated carbocycles. The van der Waals surface area contributed by atoms with E-state index in [4.69, 9.17) is 0 Å². The van der Waals surface area contributed by atoms with Gasteiger partial charge in [-0.25, -0.2) is 0 Å². The molecule has 2 aromatic heterocycles. The van der Waals surface area contributed by atoms with Gasteiger partial charge >= 0.3 is 6.61 Å². The number of carbonyl (C=O) groups excluding carboxylic acids is 1. The number of ether oxygens (including phenoxy) is 1. The summed E-state index contributed by atoms with van der Waals surface area (Å²) in [6.45, 7) is 2.88. The number of aryl methyl sites for hydroxylation is 1. The summed E-state index contributed by atoms with van der Waals surface area (Å²) in [5, 5.41) is 9.40. The highest BCUT2D eigenvalue weighted by Gasteiger charge is 2.37. The van der Waals surface area contributed by atoms with E-state index in [1.165, 1.54) is 36.7 Å². The minimum absolute atomic E-state index is 0.0373. The SMILES string of the molecule is Cc1cc(C(=O)C(C)Sc2nnc(C3CC3)n2C2CC2)c(C)n1-c1ccc(OC(F)F)cc1. The first-order chi connectivity index (χ1) is 15.8. The molecule has 1 aromatic carbocycles. The maximum atomic E-state index is 13.4. The first-order valence-corrected chi connectivity index (χ1v) is 12.1. The third-order valence-electron chi connectivity index (χ3n) is 6.21. The number of alkyl halides is 2. The molecule has 5 rings (SSSR count). The molecule has 2 fully saturated rings.